The molecule has 4 nitrogen and oxygen atoms in total. The highest BCUT2D eigenvalue weighted by atomic mass is 32.2. The average molecular weight is 237 g/mol. The van der Waals surface area contributed by atoms with Crippen LogP contribution in [0.5, 0.6) is 0 Å². The predicted molar refractivity (Wildman–Crippen MR) is 62.1 cm³/mol. The molecule has 0 radical (unpaired) electrons. The van der Waals surface area contributed by atoms with Crippen molar-refractivity contribution in [3.63, 3.8) is 0 Å². The first-order chi connectivity index (χ1) is 6.60. The molecule has 0 spiro atoms. The normalized spacial score (nSPS) is 15.3. The van der Waals surface area contributed by atoms with Crippen molar-refractivity contribution >= 4 is 10.0 Å². The summed E-state index contributed by atoms with van der Waals surface area (Å²) in [6, 6.07) is 0. The third kappa shape index (κ3) is 11.8. The lowest BCUT2D eigenvalue weighted by atomic mass is 10.1. The van der Waals surface area contributed by atoms with Crippen LogP contribution in [-0.4, -0.2) is 26.4 Å². The van der Waals surface area contributed by atoms with Gasteiger partial charge in [-0.2, -0.15) is 0 Å². The molecule has 0 bridgehead atoms. The summed E-state index contributed by atoms with van der Waals surface area (Å²) >= 11 is 0. The lowest BCUT2D eigenvalue weighted by Crippen LogP contribution is -2.22. The summed E-state index contributed by atoms with van der Waals surface area (Å²) < 4.78 is 27.0. The van der Waals surface area contributed by atoms with E-state index in [1.54, 1.807) is 0 Å². The Morgan fingerprint density at radius 2 is 1.80 bits per heavy atom. The highest BCUT2D eigenvalue weighted by Gasteiger charge is 2.12. The molecule has 92 valence electrons. The third-order valence-electron chi connectivity index (χ3n) is 2.04. The fourth-order valence-corrected chi connectivity index (χ4v) is 1.81. The van der Waals surface area contributed by atoms with E-state index in [9.17, 15) is 8.42 Å². The van der Waals surface area contributed by atoms with Gasteiger partial charge < -0.3 is 4.74 Å². The van der Waals surface area contributed by atoms with Crippen LogP contribution >= 0.6 is 0 Å². The van der Waals surface area contributed by atoms with Crippen LogP contribution in [0.2, 0.25) is 0 Å². The number of hydrogen-bond acceptors (Lipinski definition) is 3. The van der Waals surface area contributed by atoms with Crippen LogP contribution in [0.3, 0.4) is 0 Å². The molecule has 1 atom stereocenters. The van der Waals surface area contributed by atoms with E-state index in [2.05, 4.69) is 0 Å². The second-order valence-corrected chi connectivity index (χ2v) is 6.74. The quantitative estimate of drug-likeness (QED) is 0.761. The SMILES string of the molecule is CC(CCOC(C)(C)C)CCS(N)(=O)=O. The van der Waals surface area contributed by atoms with E-state index in [-0.39, 0.29) is 11.4 Å². The Balaban J connectivity index is 3.63. The van der Waals surface area contributed by atoms with E-state index in [0.29, 0.717) is 18.9 Å². The lowest BCUT2D eigenvalue weighted by Gasteiger charge is -2.20. The van der Waals surface area contributed by atoms with Crippen molar-refractivity contribution in [1.82, 2.24) is 0 Å². The Labute approximate surface area is 93.2 Å². The molecule has 0 aromatic rings. The van der Waals surface area contributed by atoms with Crippen LogP contribution in [0.4, 0.5) is 0 Å². The molecule has 0 heterocycles. The molecule has 0 aliphatic carbocycles. The molecule has 0 aliphatic heterocycles. The third-order valence-corrected chi connectivity index (χ3v) is 2.85. The highest BCUT2D eigenvalue weighted by Crippen LogP contribution is 2.12. The van der Waals surface area contributed by atoms with E-state index in [1.165, 1.54) is 0 Å². The topological polar surface area (TPSA) is 69.4 Å². The van der Waals surface area contributed by atoms with Crippen LogP contribution in [0.1, 0.15) is 40.5 Å². The molecule has 0 saturated carbocycles. The van der Waals surface area contributed by atoms with Crippen molar-refractivity contribution < 1.29 is 13.2 Å². The van der Waals surface area contributed by atoms with Crippen molar-refractivity contribution in [2.75, 3.05) is 12.4 Å². The minimum Gasteiger partial charge on any atom is -0.376 e. The van der Waals surface area contributed by atoms with E-state index in [0.717, 1.165) is 6.42 Å². The van der Waals surface area contributed by atoms with Crippen LogP contribution in [0.25, 0.3) is 0 Å². The van der Waals surface area contributed by atoms with Gasteiger partial charge in [-0.1, -0.05) is 6.92 Å². The standard InChI is InChI=1S/C10H23NO3S/c1-9(6-8-15(11,12)13)5-7-14-10(2,3)4/h9H,5-8H2,1-4H3,(H2,11,12,13). The first kappa shape index (κ1) is 14.9. The number of hydrogen-bond donors (Lipinski definition) is 1. The maximum absolute atomic E-state index is 10.7. The van der Waals surface area contributed by atoms with Gasteiger partial charge in [0.05, 0.1) is 11.4 Å². The number of rotatable bonds is 6. The van der Waals surface area contributed by atoms with E-state index in [1.807, 2.05) is 27.7 Å². The molecule has 0 fully saturated rings. The summed E-state index contributed by atoms with van der Waals surface area (Å²) in [4.78, 5) is 0. The summed E-state index contributed by atoms with van der Waals surface area (Å²) in [6.07, 6.45) is 1.47. The molecule has 0 amide bonds. The van der Waals surface area contributed by atoms with Gasteiger partial charge >= 0.3 is 0 Å². The van der Waals surface area contributed by atoms with Gasteiger partial charge in [0.15, 0.2) is 0 Å². The Hall–Kier alpha value is -0.130. The Morgan fingerprint density at radius 3 is 2.20 bits per heavy atom. The number of primary sulfonamides is 1. The molecule has 0 aliphatic rings. The monoisotopic (exact) mass is 237 g/mol. The maximum Gasteiger partial charge on any atom is 0.209 e. The summed E-state index contributed by atoms with van der Waals surface area (Å²) in [5.41, 5.74) is -0.125. The molecule has 15 heavy (non-hydrogen) atoms. The summed E-state index contributed by atoms with van der Waals surface area (Å²) in [5.74, 6) is 0.384. The van der Waals surface area contributed by atoms with Crippen molar-refractivity contribution in [1.29, 1.82) is 0 Å². The summed E-state index contributed by atoms with van der Waals surface area (Å²) in [7, 11) is -3.31. The fourth-order valence-electron chi connectivity index (χ4n) is 1.08. The molecule has 5 heteroatoms. The molecule has 2 N–H and O–H groups in total. The van der Waals surface area contributed by atoms with Crippen molar-refractivity contribution in [3.8, 4) is 0 Å². The van der Waals surface area contributed by atoms with Crippen LogP contribution in [0, 0.1) is 5.92 Å². The van der Waals surface area contributed by atoms with Gasteiger partial charge in [0.2, 0.25) is 10.0 Å². The number of sulfonamides is 1. The molecule has 0 rings (SSSR count). The summed E-state index contributed by atoms with van der Waals surface area (Å²) in [6.45, 7) is 8.68. The zero-order valence-electron chi connectivity index (χ0n) is 10.1. The van der Waals surface area contributed by atoms with Crippen LogP contribution < -0.4 is 5.14 Å². The van der Waals surface area contributed by atoms with Gasteiger partial charge in [0.1, 0.15) is 0 Å². The maximum atomic E-state index is 10.7. The number of nitrogens with two attached hydrogens (primary N) is 1. The van der Waals surface area contributed by atoms with Crippen LogP contribution in [0.15, 0.2) is 0 Å². The van der Waals surface area contributed by atoms with Gasteiger partial charge in [0, 0.05) is 6.61 Å². The molecular weight excluding hydrogens is 214 g/mol. The second kappa shape index (κ2) is 5.82. The van der Waals surface area contributed by atoms with E-state index >= 15 is 0 Å². The molecule has 0 saturated heterocycles. The second-order valence-electron chi connectivity index (χ2n) is 5.01. The van der Waals surface area contributed by atoms with Gasteiger partial charge in [-0.25, -0.2) is 13.6 Å². The Bertz CT molecular complexity index is 267. The minimum atomic E-state index is -3.31. The number of ether oxygens (including phenoxy) is 1. The molecular formula is C10H23NO3S. The summed E-state index contributed by atoms with van der Waals surface area (Å²) in [5, 5.41) is 4.92. The first-order valence-electron chi connectivity index (χ1n) is 5.24. The van der Waals surface area contributed by atoms with Crippen molar-refractivity contribution in [2.45, 2.75) is 46.1 Å². The van der Waals surface area contributed by atoms with E-state index in [4.69, 9.17) is 9.88 Å². The Kier molecular flexibility index (Phi) is 5.77. The molecule has 0 aromatic carbocycles. The fraction of sp³-hybridized carbons (Fsp3) is 1.00. The van der Waals surface area contributed by atoms with Crippen molar-refractivity contribution in [3.05, 3.63) is 0 Å². The van der Waals surface area contributed by atoms with Crippen molar-refractivity contribution in [2.24, 2.45) is 11.1 Å². The van der Waals surface area contributed by atoms with Gasteiger partial charge in [-0.15, -0.1) is 0 Å². The zero-order chi connectivity index (χ0) is 12.1. The lowest BCUT2D eigenvalue weighted by molar-refractivity contribution is -0.00859. The minimum absolute atomic E-state index is 0.0592. The van der Waals surface area contributed by atoms with Gasteiger partial charge in [0.25, 0.3) is 0 Å². The van der Waals surface area contributed by atoms with Crippen LogP contribution in [-0.2, 0) is 14.8 Å². The zero-order valence-corrected chi connectivity index (χ0v) is 10.9. The molecule has 1 unspecified atom stereocenters. The van der Waals surface area contributed by atoms with Gasteiger partial charge in [-0.3, -0.25) is 0 Å². The largest absolute Gasteiger partial charge is 0.376 e. The highest BCUT2D eigenvalue weighted by molar-refractivity contribution is 7.89. The van der Waals surface area contributed by atoms with Gasteiger partial charge in [-0.05, 0) is 39.5 Å². The van der Waals surface area contributed by atoms with E-state index < -0.39 is 10.0 Å². The Morgan fingerprint density at radius 1 is 1.27 bits per heavy atom. The first-order valence-corrected chi connectivity index (χ1v) is 6.96. The smallest absolute Gasteiger partial charge is 0.209 e. The molecule has 0 aromatic heterocycles. The predicted octanol–water partition coefficient (Wildman–Crippen LogP) is 1.51. The average Bonchev–Trinajstić information content (AvgIpc) is 1.97.